The molecule has 0 aliphatic carbocycles. The summed E-state index contributed by atoms with van der Waals surface area (Å²) < 4.78 is 4.54. The molecular weight excluding hydrogens is 218 g/mol. The molecular formula is C12H13N3O2. The SMILES string of the molecule is COC(=O)CNc1ccc2ncccc2c1N. The van der Waals surface area contributed by atoms with Gasteiger partial charge in [-0.2, -0.15) is 0 Å². The smallest absolute Gasteiger partial charge is 0.325 e. The maximum atomic E-state index is 11.0. The molecule has 0 saturated carbocycles. The van der Waals surface area contributed by atoms with E-state index in [1.54, 1.807) is 12.3 Å². The number of rotatable bonds is 3. The lowest BCUT2D eigenvalue weighted by molar-refractivity contribution is -0.138. The molecule has 2 aromatic rings. The number of methoxy groups -OCH3 is 1. The minimum absolute atomic E-state index is 0.0898. The second-order valence-electron chi connectivity index (χ2n) is 3.53. The molecule has 88 valence electrons. The first-order valence-corrected chi connectivity index (χ1v) is 5.16. The molecule has 1 heterocycles. The average molecular weight is 231 g/mol. The summed E-state index contributed by atoms with van der Waals surface area (Å²) in [6, 6.07) is 7.36. The number of fused-ring (bicyclic) bond motifs is 1. The quantitative estimate of drug-likeness (QED) is 0.616. The molecule has 2 rings (SSSR count). The normalized spacial score (nSPS) is 10.2. The number of ether oxygens (including phenoxy) is 1. The summed E-state index contributed by atoms with van der Waals surface area (Å²) in [5, 5.41) is 3.79. The molecule has 1 aromatic heterocycles. The Bertz CT molecular complexity index is 554. The van der Waals surface area contributed by atoms with E-state index in [0.29, 0.717) is 11.4 Å². The molecule has 1 aromatic carbocycles. The van der Waals surface area contributed by atoms with Crippen LogP contribution in [0.3, 0.4) is 0 Å². The maximum absolute atomic E-state index is 11.0. The monoisotopic (exact) mass is 231 g/mol. The number of nitrogens with one attached hydrogen (secondary N) is 1. The fraction of sp³-hybridized carbons (Fsp3) is 0.167. The Labute approximate surface area is 98.6 Å². The maximum Gasteiger partial charge on any atom is 0.325 e. The van der Waals surface area contributed by atoms with E-state index in [1.165, 1.54) is 7.11 Å². The zero-order chi connectivity index (χ0) is 12.3. The van der Waals surface area contributed by atoms with Gasteiger partial charge >= 0.3 is 5.97 Å². The van der Waals surface area contributed by atoms with Crippen molar-refractivity contribution in [3.05, 3.63) is 30.5 Å². The summed E-state index contributed by atoms with van der Waals surface area (Å²) in [7, 11) is 1.34. The van der Waals surface area contributed by atoms with Crippen LogP contribution in [0.25, 0.3) is 10.9 Å². The van der Waals surface area contributed by atoms with Crippen molar-refractivity contribution in [2.45, 2.75) is 0 Å². The lowest BCUT2D eigenvalue weighted by Gasteiger charge is -2.10. The van der Waals surface area contributed by atoms with Gasteiger partial charge in [0.1, 0.15) is 6.54 Å². The topological polar surface area (TPSA) is 77.2 Å². The molecule has 0 aliphatic heterocycles. The molecule has 0 radical (unpaired) electrons. The minimum atomic E-state index is -0.337. The summed E-state index contributed by atoms with van der Waals surface area (Å²) >= 11 is 0. The van der Waals surface area contributed by atoms with Crippen LogP contribution in [0, 0.1) is 0 Å². The summed E-state index contributed by atoms with van der Waals surface area (Å²) in [5.41, 5.74) is 8.11. The number of anilines is 2. The molecule has 0 aliphatic rings. The third-order valence-corrected chi connectivity index (χ3v) is 2.48. The Hall–Kier alpha value is -2.30. The molecule has 0 bridgehead atoms. The first kappa shape index (κ1) is 11.2. The van der Waals surface area contributed by atoms with Crippen LogP contribution in [0.2, 0.25) is 0 Å². The fourth-order valence-corrected chi connectivity index (χ4v) is 1.57. The number of aromatic nitrogens is 1. The Morgan fingerprint density at radius 1 is 1.47 bits per heavy atom. The average Bonchev–Trinajstić information content (AvgIpc) is 2.38. The van der Waals surface area contributed by atoms with Crippen LogP contribution in [0.1, 0.15) is 0 Å². The third-order valence-electron chi connectivity index (χ3n) is 2.48. The highest BCUT2D eigenvalue weighted by Gasteiger charge is 2.06. The Balaban J connectivity index is 2.29. The number of carbonyl (C=O) groups excluding carboxylic acids is 1. The van der Waals surface area contributed by atoms with Gasteiger partial charge in [0.2, 0.25) is 0 Å². The predicted octanol–water partition coefficient (Wildman–Crippen LogP) is 1.40. The van der Waals surface area contributed by atoms with Gasteiger partial charge in [0.15, 0.2) is 0 Å². The number of benzene rings is 1. The van der Waals surface area contributed by atoms with Gasteiger partial charge in [0.25, 0.3) is 0 Å². The van der Waals surface area contributed by atoms with E-state index in [4.69, 9.17) is 5.73 Å². The van der Waals surface area contributed by atoms with Crippen LogP contribution in [-0.4, -0.2) is 24.6 Å². The molecule has 3 N–H and O–H groups in total. The number of esters is 1. The molecule has 0 amide bonds. The van der Waals surface area contributed by atoms with Gasteiger partial charge in [-0.15, -0.1) is 0 Å². The number of hydrogen-bond donors (Lipinski definition) is 2. The van der Waals surface area contributed by atoms with E-state index < -0.39 is 0 Å². The van der Waals surface area contributed by atoms with Gasteiger partial charge < -0.3 is 15.8 Å². The van der Waals surface area contributed by atoms with Crippen LogP contribution in [-0.2, 0) is 9.53 Å². The highest BCUT2D eigenvalue weighted by molar-refractivity contribution is 5.97. The Morgan fingerprint density at radius 3 is 3.06 bits per heavy atom. The van der Waals surface area contributed by atoms with E-state index in [0.717, 1.165) is 10.9 Å². The predicted molar refractivity (Wildman–Crippen MR) is 66.7 cm³/mol. The number of nitrogens with zero attached hydrogens (tertiary/aromatic N) is 1. The molecule has 0 saturated heterocycles. The Morgan fingerprint density at radius 2 is 2.29 bits per heavy atom. The van der Waals surface area contributed by atoms with Crippen molar-refractivity contribution in [3.63, 3.8) is 0 Å². The van der Waals surface area contributed by atoms with Crippen molar-refractivity contribution in [3.8, 4) is 0 Å². The number of pyridine rings is 1. The van der Waals surface area contributed by atoms with E-state index in [2.05, 4.69) is 15.0 Å². The standard InChI is InChI=1S/C12H13N3O2/c1-17-11(16)7-15-10-5-4-9-8(12(10)13)3-2-6-14-9/h2-6,15H,7,13H2,1H3. The summed E-state index contributed by atoms with van der Waals surface area (Å²) in [5.74, 6) is -0.337. The number of nitrogens with two attached hydrogens (primary N) is 1. The van der Waals surface area contributed by atoms with E-state index in [1.807, 2.05) is 18.2 Å². The lowest BCUT2D eigenvalue weighted by Crippen LogP contribution is -2.15. The highest BCUT2D eigenvalue weighted by atomic mass is 16.5. The molecule has 0 spiro atoms. The molecule has 0 unspecified atom stereocenters. The summed E-state index contributed by atoms with van der Waals surface area (Å²) in [6.45, 7) is 0.0898. The zero-order valence-electron chi connectivity index (χ0n) is 9.43. The van der Waals surface area contributed by atoms with Crippen molar-refractivity contribution in [2.75, 3.05) is 24.7 Å². The van der Waals surface area contributed by atoms with Crippen LogP contribution in [0.5, 0.6) is 0 Å². The molecule has 5 heteroatoms. The van der Waals surface area contributed by atoms with Crippen molar-refractivity contribution in [1.82, 2.24) is 4.98 Å². The largest absolute Gasteiger partial charge is 0.468 e. The highest BCUT2D eigenvalue weighted by Crippen LogP contribution is 2.26. The van der Waals surface area contributed by atoms with E-state index in [9.17, 15) is 4.79 Å². The summed E-state index contributed by atoms with van der Waals surface area (Å²) in [6.07, 6.45) is 1.71. The second-order valence-corrected chi connectivity index (χ2v) is 3.53. The first-order chi connectivity index (χ1) is 8.22. The Kier molecular flexibility index (Phi) is 3.09. The minimum Gasteiger partial charge on any atom is -0.468 e. The molecule has 17 heavy (non-hydrogen) atoms. The van der Waals surface area contributed by atoms with Gasteiger partial charge in [0.05, 0.1) is 24.0 Å². The van der Waals surface area contributed by atoms with Crippen molar-refractivity contribution in [1.29, 1.82) is 0 Å². The number of hydrogen-bond acceptors (Lipinski definition) is 5. The number of nitrogen functional groups attached to an aromatic ring is 1. The van der Waals surface area contributed by atoms with Crippen molar-refractivity contribution >= 4 is 28.2 Å². The van der Waals surface area contributed by atoms with E-state index >= 15 is 0 Å². The molecule has 0 fully saturated rings. The number of carbonyl (C=O) groups is 1. The van der Waals surface area contributed by atoms with Gasteiger partial charge in [-0.1, -0.05) is 0 Å². The van der Waals surface area contributed by atoms with Gasteiger partial charge in [-0.05, 0) is 24.3 Å². The molecule has 5 nitrogen and oxygen atoms in total. The van der Waals surface area contributed by atoms with Gasteiger partial charge in [-0.25, -0.2) is 0 Å². The van der Waals surface area contributed by atoms with Crippen molar-refractivity contribution in [2.24, 2.45) is 0 Å². The first-order valence-electron chi connectivity index (χ1n) is 5.16. The fourth-order valence-electron chi connectivity index (χ4n) is 1.57. The zero-order valence-corrected chi connectivity index (χ0v) is 9.43. The van der Waals surface area contributed by atoms with Crippen LogP contribution in [0.15, 0.2) is 30.5 Å². The molecule has 0 atom stereocenters. The third kappa shape index (κ3) is 2.28. The van der Waals surface area contributed by atoms with Gasteiger partial charge in [-0.3, -0.25) is 9.78 Å². The lowest BCUT2D eigenvalue weighted by atomic mass is 10.1. The second kappa shape index (κ2) is 4.69. The van der Waals surface area contributed by atoms with Crippen LogP contribution >= 0.6 is 0 Å². The van der Waals surface area contributed by atoms with Crippen LogP contribution < -0.4 is 11.1 Å². The van der Waals surface area contributed by atoms with Gasteiger partial charge in [0, 0.05) is 11.6 Å². The van der Waals surface area contributed by atoms with Crippen molar-refractivity contribution < 1.29 is 9.53 Å². The van der Waals surface area contributed by atoms with E-state index in [-0.39, 0.29) is 12.5 Å². The summed E-state index contributed by atoms with van der Waals surface area (Å²) in [4.78, 5) is 15.2. The van der Waals surface area contributed by atoms with Crippen LogP contribution in [0.4, 0.5) is 11.4 Å².